The average Bonchev–Trinajstić information content (AvgIpc) is 2.57. The largest absolute Gasteiger partial charge is 0.298 e. The molecule has 92 valence electrons. The molecule has 0 spiro atoms. The van der Waals surface area contributed by atoms with Crippen LogP contribution in [0.3, 0.4) is 0 Å². The Kier molecular flexibility index (Phi) is 4.32. The van der Waals surface area contributed by atoms with E-state index in [1.54, 1.807) is 4.57 Å². The number of rotatable bonds is 5. The van der Waals surface area contributed by atoms with Gasteiger partial charge in [0.05, 0.1) is 0 Å². The van der Waals surface area contributed by atoms with E-state index >= 15 is 0 Å². The molecule has 0 amide bonds. The summed E-state index contributed by atoms with van der Waals surface area (Å²) in [7, 11) is 1.48. The zero-order chi connectivity index (χ0) is 12.3. The van der Waals surface area contributed by atoms with Crippen LogP contribution < -0.4 is 0 Å². The van der Waals surface area contributed by atoms with Crippen LogP contribution in [0, 0.1) is 0 Å². The minimum atomic E-state index is -3.82. The van der Waals surface area contributed by atoms with Gasteiger partial charge in [0.25, 0.3) is 14.2 Å². The zero-order valence-electron chi connectivity index (χ0n) is 9.64. The van der Waals surface area contributed by atoms with E-state index in [2.05, 4.69) is 17.1 Å². The van der Waals surface area contributed by atoms with Crippen LogP contribution >= 0.6 is 10.7 Å². The number of hydrogen-bond acceptors (Lipinski definition) is 4. The number of unbranched alkanes of at least 4 members (excludes halogenated alkanes) is 1. The summed E-state index contributed by atoms with van der Waals surface area (Å²) < 4.78 is 24.2. The summed E-state index contributed by atoms with van der Waals surface area (Å²) in [5.41, 5.74) is 0. The summed E-state index contributed by atoms with van der Waals surface area (Å²) in [6, 6.07) is -0.0228. The molecule has 0 fully saturated rings. The van der Waals surface area contributed by atoms with E-state index in [4.69, 9.17) is 10.7 Å². The van der Waals surface area contributed by atoms with Crippen molar-refractivity contribution in [3.05, 3.63) is 5.82 Å². The Morgan fingerprint density at radius 3 is 2.44 bits per heavy atom. The first-order chi connectivity index (χ1) is 7.38. The van der Waals surface area contributed by atoms with Gasteiger partial charge in [-0.15, -0.1) is 10.2 Å². The average molecular weight is 266 g/mol. The van der Waals surface area contributed by atoms with Gasteiger partial charge in [-0.3, -0.25) is 4.57 Å². The highest BCUT2D eigenvalue weighted by Gasteiger charge is 2.23. The van der Waals surface area contributed by atoms with Crippen molar-refractivity contribution < 1.29 is 8.42 Å². The third kappa shape index (κ3) is 2.95. The molecule has 0 aliphatic heterocycles. The van der Waals surface area contributed by atoms with Crippen LogP contribution in [0.5, 0.6) is 0 Å². The molecule has 0 unspecified atom stereocenters. The molecule has 1 heterocycles. The van der Waals surface area contributed by atoms with Gasteiger partial charge in [0.15, 0.2) is 0 Å². The molecular weight excluding hydrogens is 250 g/mol. The van der Waals surface area contributed by atoms with Crippen molar-refractivity contribution in [2.24, 2.45) is 0 Å². The second-order valence-electron chi connectivity index (χ2n) is 3.90. The van der Waals surface area contributed by atoms with E-state index in [0.717, 1.165) is 12.8 Å². The molecule has 0 bridgehead atoms. The third-order valence-electron chi connectivity index (χ3n) is 2.22. The highest BCUT2D eigenvalue weighted by atomic mass is 35.7. The molecule has 0 aromatic carbocycles. The molecule has 0 saturated carbocycles. The first kappa shape index (κ1) is 13.4. The van der Waals surface area contributed by atoms with Gasteiger partial charge in [-0.2, -0.15) is 0 Å². The maximum absolute atomic E-state index is 11.3. The molecule has 7 heteroatoms. The lowest BCUT2D eigenvalue weighted by Gasteiger charge is -2.11. The molecule has 16 heavy (non-hydrogen) atoms. The van der Waals surface area contributed by atoms with Crippen molar-refractivity contribution in [3.8, 4) is 0 Å². The summed E-state index contributed by atoms with van der Waals surface area (Å²) in [5.74, 6) is 0.677. The molecule has 0 saturated heterocycles. The lowest BCUT2D eigenvalue weighted by molar-refractivity contribution is 0.504. The van der Waals surface area contributed by atoms with Gasteiger partial charge in [0.1, 0.15) is 5.82 Å². The van der Waals surface area contributed by atoms with E-state index in [1.807, 2.05) is 13.8 Å². The van der Waals surface area contributed by atoms with Crippen molar-refractivity contribution in [2.45, 2.75) is 51.2 Å². The Morgan fingerprint density at radius 2 is 2.00 bits per heavy atom. The van der Waals surface area contributed by atoms with Crippen LogP contribution in [-0.2, 0) is 15.5 Å². The monoisotopic (exact) mass is 265 g/mol. The van der Waals surface area contributed by atoms with E-state index in [0.29, 0.717) is 12.2 Å². The maximum atomic E-state index is 11.3. The first-order valence-electron chi connectivity index (χ1n) is 5.26. The van der Waals surface area contributed by atoms with Crippen molar-refractivity contribution in [3.63, 3.8) is 0 Å². The van der Waals surface area contributed by atoms with E-state index in [1.165, 1.54) is 0 Å². The molecule has 0 radical (unpaired) electrons. The quantitative estimate of drug-likeness (QED) is 0.765. The molecule has 1 rings (SSSR count). The topological polar surface area (TPSA) is 64.8 Å². The van der Waals surface area contributed by atoms with Crippen LogP contribution in [0.25, 0.3) is 0 Å². The number of nitrogens with zero attached hydrogens (tertiary/aromatic N) is 3. The Bertz CT molecular complexity index is 453. The third-order valence-corrected chi connectivity index (χ3v) is 3.35. The van der Waals surface area contributed by atoms with E-state index < -0.39 is 9.05 Å². The predicted octanol–water partition coefficient (Wildman–Crippen LogP) is 2.13. The fourth-order valence-corrected chi connectivity index (χ4v) is 2.50. The molecule has 1 aromatic rings. The van der Waals surface area contributed by atoms with Crippen molar-refractivity contribution in [2.75, 3.05) is 0 Å². The molecule has 5 nitrogen and oxygen atoms in total. The highest BCUT2D eigenvalue weighted by molar-refractivity contribution is 8.13. The summed E-state index contributed by atoms with van der Waals surface area (Å²) in [5, 5.41) is 7.39. The second kappa shape index (κ2) is 5.14. The standard InChI is InChI=1S/C9H16ClN3O2S/c1-4-5-6-8-11-12-9(16(10,14)15)13(8)7(2)3/h7H,4-6H2,1-3H3. The molecule has 0 aliphatic rings. The minimum absolute atomic E-state index is 0.0228. The van der Waals surface area contributed by atoms with Crippen LogP contribution in [0.15, 0.2) is 5.16 Å². The fraction of sp³-hybridized carbons (Fsp3) is 0.778. The summed E-state index contributed by atoms with van der Waals surface area (Å²) in [6.45, 7) is 5.82. The van der Waals surface area contributed by atoms with Gasteiger partial charge >= 0.3 is 0 Å². The Morgan fingerprint density at radius 1 is 1.38 bits per heavy atom. The van der Waals surface area contributed by atoms with Gasteiger partial charge in [-0.1, -0.05) is 13.3 Å². The van der Waals surface area contributed by atoms with E-state index in [9.17, 15) is 8.42 Å². The van der Waals surface area contributed by atoms with Gasteiger partial charge < -0.3 is 0 Å². The number of hydrogen-bond donors (Lipinski definition) is 0. The smallest absolute Gasteiger partial charge is 0.296 e. The maximum Gasteiger partial charge on any atom is 0.296 e. The lowest BCUT2D eigenvalue weighted by atomic mass is 10.2. The van der Waals surface area contributed by atoms with Crippen LogP contribution in [0.2, 0.25) is 0 Å². The fourth-order valence-electron chi connectivity index (χ4n) is 1.50. The summed E-state index contributed by atoms with van der Waals surface area (Å²) in [4.78, 5) is 0. The number of aromatic nitrogens is 3. The first-order valence-corrected chi connectivity index (χ1v) is 7.57. The van der Waals surface area contributed by atoms with E-state index in [-0.39, 0.29) is 11.2 Å². The Labute approximate surface area is 100 Å². The van der Waals surface area contributed by atoms with Gasteiger partial charge in [0.2, 0.25) is 0 Å². The minimum Gasteiger partial charge on any atom is -0.298 e. The highest BCUT2D eigenvalue weighted by Crippen LogP contribution is 2.20. The van der Waals surface area contributed by atoms with Crippen LogP contribution in [-0.4, -0.2) is 23.2 Å². The predicted molar refractivity (Wildman–Crippen MR) is 62.1 cm³/mol. The normalized spacial score (nSPS) is 12.3. The van der Waals surface area contributed by atoms with Crippen molar-refractivity contribution in [1.82, 2.24) is 14.8 Å². The van der Waals surface area contributed by atoms with Crippen molar-refractivity contribution in [1.29, 1.82) is 0 Å². The number of aryl methyl sites for hydroxylation is 1. The second-order valence-corrected chi connectivity index (χ2v) is 6.36. The van der Waals surface area contributed by atoms with Gasteiger partial charge in [-0.05, 0) is 20.3 Å². The van der Waals surface area contributed by atoms with Crippen LogP contribution in [0.4, 0.5) is 0 Å². The molecule has 0 N–H and O–H groups in total. The molecule has 0 aliphatic carbocycles. The summed E-state index contributed by atoms with van der Waals surface area (Å²) >= 11 is 0. The summed E-state index contributed by atoms with van der Waals surface area (Å²) in [6.07, 6.45) is 2.69. The molecular formula is C9H16ClN3O2S. The molecule has 0 atom stereocenters. The zero-order valence-corrected chi connectivity index (χ0v) is 11.2. The Hall–Kier alpha value is -0.620. The van der Waals surface area contributed by atoms with Crippen LogP contribution in [0.1, 0.15) is 45.5 Å². The van der Waals surface area contributed by atoms with Crippen molar-refractivity contribution >= 4 is 19.7 Å². The SMILES string of the molecule is CCCCc1nnc(S(=O)(=O)Cl)n1C(C)C. The number of halogens is 1. The lowest BCUT2D eigenvalue weighted by Crippen LogP contribution is -2.12. The van der Waals surface area contributed by atoms with Gasteiger partial charge in [-0.25, -0.2) is 8.42 Å². The Balaban J connectivity index is 3.18. The molecule has 1 aromatic heterocycles. The van der Waals surface area contributed by atoms with Gasteiger partial charge in [0, 0.05) is 23.1 Å².